The summed E-state index contributed by atoms with van der Waals surface area (Å²) in [6.45, 7) is 1.43. The average Bonchev–Trinajstić information content (AvgIpc) is 2.18. The first kappa shape index (κ1) is 13.8. The van der Waals surface area contributed by atoms with Crippen molar-refractivity contribution in [1.29, 1.82) is 0 Å². The van der Waals surface area contributed by atoms with Crippen LogP contribution in [0.15, 0.2) is 18.2 Å². The fraction of sp³-hybridized carbons (Fsp3) is 0.400. The third-order valence-electron chi connectivity index (χ3n) is 2.40. The van der Waals surface area contributed by atoms with Gasteiger partial charge in [-0.3, -0.25) is 0 Å². The van der Waals surface area contributed by atoms with Gasteiger partial charge in [-0.25, -0.2) is 8.42 Å². The zero-order chi connectivity index (χ0) is 12.5. The van der Waals surface area contributed by atoms with E-state index in [2.05, 4.69) is 0 Å². The van der Waals surface area contributed by atoms with Gasteiger partial charge in [-0.1, -0.05) is 23.2 Å². The molecule has 2 unspecified atom stereocenters. The quantitative estimate of drug-likeness (QED) is 0.927. The SMILES string of the molecule is CC(C(O)c1cc(Cl)ccc1Cl)S(C)(=O)=O. The van der Waals surface area contributed by atoms with Gasteiger partial charge in [0.05, 0.1) is 11.4 Å². The highest BCUT2D eigenvalue weighted by Gasteiger charge is 2.27. The fourth-order valence-corrected chi connectivity index (χ4v) is 2.25. The molecule has 0 aliphatic rings. The minimum atomic E-state index is -3.33. The van der Waals surface area contributed by atoms with Crippen LogP contribution in [-0.4, -0.2) is 25.0 Å². The summed E-state index contributed by atoms with van der Waals surface area (Å²) < 4.78 is 22.6. The highest BCUT2D eigenvalue weighted by atomic mass is 35.5. The van der Waals surface area contributed by atoms with E-state index in [0.717, 1.165) is 6.26 Å². The molecule has 90 valence electrons. The van der Waals surface area contributed by atoms with Crippen LogP contribution in [0.2, 0.25) is 10.0 Å². The first-order valence-corrected chi connectivity index (χ1v) is 7.26. The average molecular weight is 283 g/mol. The number of aliphatic hydroxyl groups excluding tert-OH is 1. The lowest BCUT2D eigenvalue weighted by atomic mass is 10.1. The maximum Gasteiger partial charge on any atom is 0.152 e. The van der Waals surface area contributed by atoms with Crippen molar-refractivity contribution >= 4 is 33.0 Å². The number of sulfone groups is 1. The Bertz CT molecular complexity index is 485. The molecule has 0 aliphatic heterocycles. The van der Waals surface area contributed by atoms with Crippen LogP contribution in [0.25, 0.3) is 0 Å². The molecule has 1 rings (SSSR count). The third-order valence-corrected chi connectivity index (χ3v) is 4.58. The second-order valence-corrected chi connectivity index (χ2v) is 6.89. The number of hydrogen-bond acceptors (Lipinski definition) is 3. The molecule has 0 fully saturated rings. The summed E-state index contributed by atoms with van der Waals surface area (Å²) in [5, 5.41) is 9.68. The van der Waals surface area contributed by atoms with Crippen molar-refractivity contribution in [2.75, 3.05) is 6.26 Å². The summed E-state index contributed by atoms with van der Waals surface area (Å²) in [4.78, 5) is 0. The van der Waals surface area contributed by atoms with E-state index >= 15 is 0 Å². The number of rotatable bonds is 3. The van der Waals surface area contributed by atoms with Gasteiger partial charge in [0.25, 0.3) is 0 Å². The second kappa shape index (κ2) is 4.92. The van der Waals surface area contributed by atoms with E-state index in [1.165, 1.54) is 19.1 Å². The molecule has 0 saturated carbocycles. The molecule has 0 amide bonds. The minimum absolute atomic E-state index is 0.299. The van der Waals surface area contributed by atoms with Crippen molar-refractivity contribution in [3.63, 3.8) is 0 Å². The molecular formula is C10H12Cl2O3S. The van der Waals surface area contributed by atoms with Crippen molar-refractivity contribution in [1.82, 2.24) is 0 Å². The van der Waals surface area contributed by atoms with Crippen LogP contribution in [0.3, 0.4) is 0 Å². The van der Waals surface area contributed by atoms with Gasteiger partial charge in [0, 0.05) is 21.9 Å². The number of aliphatic hydroxyl groups is 1. The predicted molar refractivity (Wildman–Crippen MR) is 65.7 cm³/mol. The largest absolute Gasteiger partial charge is 0.387 e. The van der Waals surface area contributed by atoms with E-state index in [-0.39, 0.29) is 0 Å². The second-order valence-electron chi connectivity index (χ2n) is 3.65. The van der Waals surface area contributed by atoms with Crippen LogP contribution in [0, 0.1) is 0 Å². The van der Waals surface area contributed by atoms with Gasteiger partial charge in [-0.05, 0) is 25.1 Å². The first-order chi connectivity index (χ1) is 7.23. The highest BCUT2D eigenvalue weighted by Crippen LogP contribution is 2.30. The monoisotopic (exact) mass is 282 g/mol. The summed E-state index contributed by atoms with van der Waals surface area (Å²) >= 11 is 11.6. The Morgan fingerprint density at radius 2 is 1.88 bits per heavy atom. The van der Waals surface area contributed by atoms with Crippen LogP contribution in [0.4, 0.5) is 0 Å². The van der Waals surface area contributed by atoms with Crippen LogP contribution in [0.1, 0.15) is 18.6 Å². The minimum Gasteiger partial charge on any atom is -0.387 e. The molecule has 1 aromatic rings. The normalized spacial score (nSPS) is 15.8. The Hall–Kier alpha value is -0.290. The van der Waals surface area contributed by atoms with E-state index < -0.39 is 21.2 Å². The molecule has 3 nitrogen and oxygen atoms in total. The fourth-order valence-electron chi connectivity index (χ4n) is 1.23. The van der Waals surface area contributed by atoms with Gasteiger partial charge in [0.2, 0.25) is 0 Å². The molecule has 0 aromatic heterocycles. The molecule has 16 heavy (non-hydrogen) atoms. The Kier molecular flexibility index (Phi) is 4.23. The summed E-state index contributed by atoms with van der Waals surface area (Å²) in [5.41, 5.74) is 0.326. The van der Waals surface area contributed by atoms with E-state index in [9.17, 15) is 13.5 Å². The van der Waals surface area contributed by atoms with E-state index in [0.29, 0.717) is 15.6 Å². The van der Waals surface area contributed by atoms with Gasteiger partial charge < -0.3 is 5.11 Å². The van der Waals surface area contributed by atoms with Crippen molar-refractivity contribution in [2.45, 2.75) is 18.3 Å². The van der Waals surface area contributed by atoms with Crippen molar-refractivity contribution in [2.24, 2.45) is 0 Å². The lowest BCUT2D eigenvalue weighted by Crippen LogP contribution is -2.24. The van der Waals surface area contributed by atoms with E-state index in [1.807, 2.05) is 0 Å². The molecule has 1 aromatic carbocycles. The van der Waals surface area contributed by atoms with Crippen LogP contribution in [-0.2, 0) is 9.84 Å². The first-order valence-electron chi connectivity index (χ1n) is 4.55. The molecule has 0 aliphatic carbocycles. The molecule has 0 spiro atoms. The summed E-state index contributed by atoms with van der Waals surface area (Å²) in [6.07, 6.45) is -0.111. The Morgan fingerprint density at radius 3 is 2.38 bits per heavy atom. The van der Waals surface area contributed by atoms with Crippen LogP contribution in [0.5, 0.6) is 0 Å². The van der Waals surface area contributed by atoms with Crippen molar-refractivity contribution < 1.29 is 13.5 Å². The maximum absolute atomic E-state index is 11.3. The Balaban J connectivity index is 3.14. The smallest absolute Gasteiger partial charge is 0.152 e. The van der Waals surface area contributed by atoms with E-state index in [1.54, 1.807) is 6.07 Å². The Labute approximate surface area is 105 Å². The maximum atomic E-state index is 11.3. The summed E-state index contributed by atoms with van der Waals surface area (Å²) in [5.74, 6) is 0. The van der Waals surface area contributed by atoms with Crippen LogP contribution < -0.4 is 0 Å². The predicted octanol–water partition coefficient (Wildman–Crippen LogP) is 2.46. The van der Waals surface area contributed by atoms with Gasteiger partial charge in [0.1, 0.15) is 0 Å². The van der Waals surface area contributed by atoms with Gasteiger partial charge in [-0.2, -0.15) is 0 Å². The highest BCUT2D eigenvalue weighted by molar-refractivity contribution is 7.91. The summed E-state index contributed by atoms with van der Waals surface area (Å²) in [7, 11) is -3.33. The zero-order valence-corrected chi connectivity index (χ0v) is 11.1. The van der Waals surface area contributed by atoms with Gasteiger partial charge >= 0.3 is 0 Å². The number of halogens is 2. The third kappa shape index (κ3) is 3.10. The van der Waals surface area contributed by atoms with Gasteiger partial charge in [-0.15, -0.1) is 0 Å². The molecule has 6 heteroatoms. The summed E-state index contributed by atoms with van der Waals surface area (Å²) in [6, 6.07) is 4.57. The topological polar surface area (TPSA) is 54.4 Å². The number of benzene rings is 1. The van der Waals surface area contributed by atoms with Crippen molar-refractivity contribution in [3.05, 3.63) is 33.8 Å². The molecular weight excluding hydrogens is 271 g/mol. The number of hydrogen-bond donors (Lipinski definition) is 1. The Morgan fingerprint density at radius 1 is 1.31 bits per heavy atom. The zero-order valence-electron chi connectivity index (χ0n) is 8.81. The lowest BCUT2D eigenvalue weighted by molar-refractivity contribution is 0.176. The molecule has 0 heterocycles. The molecule has 1 N–H and O–H groups in total. The van der Waals surface area contributed by atoms with Gasteiger partial charge in [0.15, 0.2) is 9.84 Å². The molecule has 0 saturated heterocycles. The van der Waals surface area contributed by atoms with E-state index in [4.69, 9.17) is 23.2 Å². The molecule has 0 radical (unpaired) electrons. The standard InChI is InChI=1S/C10H12Cl2O3S/c1-6(16(2,14)15)10(13)8-5-7(11)3-4-9(8)12/h3-6,10,13H,1-2H3. The molecule has 0 bridgehead atoms. The van der Waals surface area contributed by atoms with Crippen molar-refractivity contribution in [3.8, 4) is 0 Å². The van der Waals surface area contributed by atoms with Crippen LogP contribution >= 0.6 is 23.2 Å². The lowest BCUT2D eigenvalue weighted by Gasteiger charge is -2.18. The molecule has 2 atom stereocenters.